The zero-order chi connectivity index (χ0) is 26.7. The Hall–Kier alpha value is -4.21. The van der Waals surface area contributed by atoms with E-state index < -0.39 is 10.0 Å². The van der Waals surface area contributed by atoms with E-state index in [1.807, 2.05) is 13.0 Å². The van der Waals surface area contributed by atoms with E-state index in [1.54, 1.807) is 48.5 Å². The van der Waals surface area contributed by atoms with Gasteiger partial charge in [0.25, 0.3) is 10.0 Å². The van der Waals surface area contributed by atoms with Crippen LogP contribution in [0.25, 0.3) is 22.2 Å². The van der Waals surface area contributed by atoms with E-state index in [0.29, 0.717) is 11.5 Å². The lowest BCUT2D eigenvalue weighted by Crippen LogP contribution is -2.17. The molecule has 0 radical (unpaired) electrons. The number of benzene rings is 3. The number of rotatable bonds is 9. The van der Waals surface area contributed by atoms with Crippen LogP contribution in [0.1, 0.15) is 5.56 Å². The van der Waals surface area contributed by atoms with Gasteiger partial charge in [-0.25, -0.2) is 18.4 Å². The smallest absolute Gasteiger partial charge is 0.261 e. The zero-order valence-electron chi connectivity index (χ0n) is 21.6. The average Bonchev–Trinajstić information content (AvgIpc) is 3.31. The second kappa shape index (κ2) is 10.6. The minimum absolute atomic E-state index is 0.224. The number of hydrogen-bond acceptors (Lipinski definition) is 6. The van der Waals surface area contributed by atoms with E-state index in [1.165, 1.54) is 11.8 Å². The molecule has 5 aromatic rings. The molecule has 3 aromatic carbocycles. The highest BCUT2D eigenvalue weighted by Crippen LogP contribution is 2.26. The molecule has 2 N–H and O–H groups in total. The van der Waals surface area contributed by atoms with Crippen LogP contribution in [0, 0.1) is 6.92 Å². The number of anilines is 3. The van der Waals surface area contributed by atoms with Crippen molar-refractivity contribution >= 4 is 38.1 Å². The maximum absolute atomic E-state index is 12.7. The van der Waals surface area contributed by atoms with E-state index in [-0.39, 0.29) is 4.90 Å². The fourth-order valence-corrected chi connectivity index (χ4v) is 5.21. The third kappa shape index (κ3) is 5.85. The summed E-state index contributed by atoms with van der Waals surface area (Å²) in [5, 5.41) is 4.44. The van der Waals surface area contributed by atoms with Gasteiger partial charge in [-0.2, -0.15) is 0 Å². The van der Waals surface area contributed by atoms with Crippen LogP contribution >= 0.6 is 0 Å². The summed E-state index contributed by atoms with van der Waals surface area (Å²) in [5.41, 5.74) is 5.28. The van der Waals surface area contributed by atoms with Crippen LogP contribution in [0.3, 0.4) is 0 Å². The molecule has 0 bridgehead atoms. The Balaban J connectivity index is 1.28. The predicted octanol–water partition coefficient (Wildman–Crippen LogP) is 5.51. The van der Waals surface area contributed by atoms with Crippen LogP contribution in [0.2, 0.25) is 0 Å². The Kier molecular flexibility index (Phi) is 7.13. The first-order chi connectivity index (χ1) is 18.3. The lowest BCUT2D eigenvalue weighted by molar-refractivity contribution is 0.387. The maximum Gasteiger partial charge on any atom is 0.261 e. The van der Waals surface area contributed by atoms with Crippen LogP contribution in [0.15, 0.2) is 96.3 Å². The van der Waals surface area contributed by atoms with Gasteiger partial charge in [-0.15, -0.1) is 0 Å². The summed E-state index contributed by atoms with van der Waals surface area (Å²) in [6.45, 7) is 3.83. The number of nitrogens with zero attached hydrogens (tertiary/aromatic N) is 4. The van der Waals surface area contributed by atoms with Crippen molar-refractivity contribution < 1.29 is 8.42 Å². The average molecular weight is 527 g/mol. The highest BCUT2D eigenvalue weighted by molar-refractivity contribution is 7.92. The lowest BCUT2D eigenvalue weighted by atomic mass is 10.1. The standard InChI is InChI=1S/C29H30N6O2S/c1-21-4-11-26(12-5-21)38(36,37)33-25-9-7-24(8-10-25)32-29-19-27(30-20-31-29)22-6-13-28-23(18-22)14-15-35(28)17-16-34(2)3/h4-15,18-20,33H,16-17H2,1-3H3,(H,30,31,32). The molecule has 9 heteroatoms. The third-order valence-electron chi connectivity index (χ3n) is 6.26. The highest BCUT2D eigenvalue weighted by atomic mass is 32.2. The van der Waals surface area contributed by atoms with Gasteiger partial charge in [0.2, 0.25) is 0 Å². The Bertz CT molecular complexity index is 1660. The van der Waals surface area contributed by atoms with Gasteiger partial charge in [0.15, 0.2) is 0 Å². The van der Waals surface area contributed by atoms with Crippen molar-refractivity contribution in [2.24, 2.45) is 0 Å². The number of aromatic nitrogens is 3. The first-order valence-corrected chi connectivity index (χ1v) is 13.8. The molecule has 0 amide bonds. The summed E-state index contributed by atoms with van der Waals surface area (Å²) in [5.74, 6) is 0.645. The third-order valence-corrected chi connectivity index (χ3v) is 7.66. The molecule has 0 spiro atoms. The molecule has 5 rings (SSSR count). The number of likely N-dealkylation sites (N-methyl/N-ethyl adjacent to an activating group) is 1. The molecule has 8 nitrogen and oxygen atoms in total. The van der Waals surface area contributed by atoms with Gasteiger partial charge in [0.05, 0.1) is 10.6 Å². The van der Waals surface area contributed by atoms with Crippen molar-refractivity contribution in [3.63, 3.8) is 0 Å². The summed E-state index contributed by atoms with van der Waals surface area (Å²) in [4.78, 5) is 11.2. The Morgan fingerprint density at radius 1 is 0.868 bits per heavy atom. The maximum atomic E-state index is 12.7. The zero-order valence-corrected chi connectivity index (χ0v) is 22.4. The minimum Gasteiger partial charge on any atom is -0.346 e. The van der Waals surface area contributed by atoms with E-state index in [2.05, 4.69) is 74.0 Å². The second-order valence-electron chi connectivity index (χ2n) is 9.50. The SMILES string of the molecule is Cc1ccc(S(=O)(=O)Nc2ccc(Nc3cc(-c4ccc5c(ccn5CCN(C)C)c4)ncn3)cc2)cc1. The van der Waals surface area contributed by atoms with Crippen molar-refractivity contribution in [2.75, 3.05) is 30.7 Å². The van der Waals surface area contributed by atoms with Crippen LogP contribution in [0.4, 0.5) is 17.2 Å². The van der Waals surface area contributed by atoms with E-state index >= 15 is 0 Å². The summed E-state index contributed by atoms with van der Waals surface area (Å²) in [6.07, 6.45) is 3.66. The number of nitrogens with one attached hydrogen (secondary N) is 2. The van der Waals surface area contributed by atoms with Crippen LogP contribution in [-0.2, 0) is 16.6 Å². The molecule has 0 saturated heterocycles. The second-order valence-corrected chi connectivity index (χ2v) is 11.2. The molecular formula is C29H30N6O2S. The van der Waals surface area contributed by atoms with Gasteiger partial charge in [-0.1, -0.05) is 23.8 Å². The number of aryl methyl sites for hydroxylation is 1. The van der Waals surface area contributed by atoms with Gasteiger partial charge < -0.3 is 14.8 Å². The normalized spacial score (nSPS) is 11.7. The molecule has 0 saturated carbocycles. The first-order valence-electron chi connectivity index (χ1n) is 12.3. The summed E-state index contributed by atoms with van der Waals surface area (Å²) in [7, 11) is 0.498. The molecule has 2 heterocycles. The van der Waals surface area contributed by atoms with Crippen molar-refractivity contribution in [3.05, 3.63) is 97.0 Å². The lowest BCUT2D eigenvalue weighted by Gasteiger charge is -2.12. The first kappa shape index (κ1) is 25.4. The van der Waals surface area contributed by atoms with E-state index in [9.17, 15) is 8.42 Å². The van der Waals surface area contributed by atoms with Crippen molar-refractivity contribution in [1.82, 2.24) is 19.4 Å². The largest absolute Gasteiger partial charge is 0.346 e. The molecule has 0 fully saturated rings. The van der Waals surface area contributed by atoms with Crippen molar-refractivity contribution in [1.29, 1.82) is 0 Å². The van der Waals surface area contributed by atoms with Crippen LogP contribution in [-0.4, -0.2) is 48.5 Å². The minimum atomic E-state index is -3.65. The molecule has 2 aromatic heterocycles. The molecule has 0 atom stereocenters. The summed E-state index contributed by atoms with van der Waals surface area (Å²) < 4.78 is 30.2. The fourth-order valence-electron chi connectivity index (χ4n) is 4.15. The molecular weight excluding hydrogens is 496 g/mol. The van der Waals surface area contributed by atoms with Gasteiger partial charge >= 0.3 is 0 Å². The fraction of sp³-hybridized carbons (Fsp3) is 0.172. The quantitative estimate of drug-likeness (QED) is 0.263. The summed E-state index contributed by atoms with van der Waals surface area (Å²) >= 11 is 0. The topological polar surface area (TPSA) is 92.2 Å². The molecule has 0 unspecified atom stereocenters. The molecule has 38 heavy (non-hydrogen) atoms. The number of sulfonamides is 1. The Morgan fingerprint density at radius 2 is 1.61 bits per heavy atom. The van der Waals surface area contributed by atoms with Gasteiger partial charge in [-0.05, 0) is 75.6 Å². The predicted molar refractivity (Wildman–Crippen MR) is 153 cm³/mol. The van der Waals surface area contributed by atoms with Crippen molar-refractivity contribution in [3.8, 4) is 11.3 Å². The van der Waals surface area contributed by atoms with Crippen LogP contribution in [0.5, 0.6) is 0 Å². The Morgan fingerprint density at radius 3 is 2.34 bits per heavy atom. The van der Waals surface area contributed by atoms with Crippen molar-refractivity contribution in [2.45, 2.75) is 18.4 Å². The number of hydrogen-bond donors (Lipinski definition) is 2. The number of fused-ring (bicyclic) bond motifs is 1. The summed E-state index contributed by atoms with van der Waals surface area (Å²) in [6, 6.07) is 24.2. The van der Waals surface area contributed by atoms with Gasteiger partial charge in [-0.3, -0.25) is 4.72 Å². The van der Waals surface area contributed by atoms with Gasteiger partial charge in [0, 0.05) is 53.2 Å². The molecule has 0 aliphatic heterocycles. The van der Waals surface area contributed by atoms with Crippen LogP contribution < -0.4 is 10.0 Å². The van der Waals surface area contributed by atoms with Gasteiger partial charge in [0.1, 0.15) is 12.1 Å². The molecule has 0 aliphatic rings. The molecule has 0 aliphatic carbocycles. The van der Waals surface area contributed by atoms with E-state index in [0.717, 1.165) is 41.0 Å². The monoisotopic (exact) mass is 526 g/mol. The molecule has 194 valence electrons. The van der Waals surface area contributed by atoms with E-state index in [4.69, 9.17) is 0 Å². The highest BCUT2D eigenvalue weighted by Gasteiger charge is 2.14. The Labute approximate surface area is 223 Å².